The van der Waals surface area contributed by atoms with E-state index in [1.807, 2.05) is 6.92 Å². The van der Waals surface area contributed by atoms with Crippen LogP contribution < -0.4 is 4.74 Å². The lowest BCUT2D eigenvalue weighted by molar-refractivity contribution is -0.160. The van der Waals surface area contributed by atoms with E-state index >= 15 is 4.39 Å². The van der Waals surface area contributed by atoms with E-state index in [1.54, 1.807) is 39.8 Å². The highest BCUT2D eigenvalue weighted by atomic mass is 19.2. The van der Waals surface area contributed by atoms with E-state index in [9.17, 15) is 23.5 Å². The summed E-state index contributed by atoms with van der Waals surface area (Å²) in [5.74, 6) is -4.44. The van der Waals surface area contributed by atoms with Gasteiger partial charge in [0.15, 0.2) is 29.3 Å². The van der Waals surface area contributed by atoms with Crippen LogP contribution in [-0.4, -0.2) is 33.8 Å². The molecule has 1 aromatic heterocycles. The van der Waals surface area contributed by atoms with Gasteiger partial charge in [0.25, 0.3) is 5.91 Å². The largest absolute Gasteiger partial charge is 0.490 e. The van der Waals surface area contributed by atoms with Gasteiger partial charge in [-0.15, -0.1) is 0 Å². The minimum atomic E-state index is -1.41. The molecule has 4 aromatic rings. The first kappa shape index (κ1) is 28.4. The summed E-state index contributed by atoms with van der Waals surface area (Å²) < 4.78 is 56.0. The summed E-state index contributed by atoms with van der Waals surface area (Å²) >= 11 is 0. The van der Waals surface area contributed by atoms with Gasteiger partial charge in [0.2, 0.25) is 0 Å². The van der Waals surface area contributed by atoms with Crippen molar-refractivity contribution in [1.29, 1.82) is 0 Å². The lowest BCUT2D eigenvalue weighted by Crippen LogP contribution is -2.28. The number of benzene rings is 3. The predicted molar refractivity (Wildman–Crippen MR) is 148 cm³/mol. The normalized spacial score (nSPS) is 14.0. The van der Waals surface area contributed by atoms with Crippen molar-refractivity contribution in [2.45, 2.75) is 59.2 Å². The van der Waals surface area contributed by atoms with Gasteiger partial charge in [0.05, 0.1) is 17.7 Å². The molecule has 0 amide bonds. The summed E-state index contributed by atoms with van der Waals surface area (Å²) in [5, 5.41) is 10.8. The molecule has 0 aliphatic carbocycles. The van der Waals surface area contributed by atoms with Gasteiger partial charge >= 0.3 is 5.97 Å². The van der Waals surface area contributed by atoms with Crippen LogP contribution in [0.15, 0.2) is 42.6 Å². The second kappa shape index (κ2) is 10.4. The van der Waals surface area contributed by atoms with Crippen LogP contribution in [-0.2, 0) is 16.0 Å². The highest BCUT2D eigenvalue weighted by Gasteiger charge is 2.34. The number of carbonyl (C=O) groups excluding carboxylic acids is 1. The third-order valence-electron chi connectivity index (χ3n) is 7.29. The van der Waals surface area contributed by atoms with Crippen molar-refractivity contribution in [2.75, 3.05) is 6.61 Å². The van der Waals surface area contributed by atoms with Gasteiger partial charge in [-0.25, -0.2) is 18.0 Å². The van der Waals surface area contributed by atoms with Crippen molar-refractivity contribution < 1.29 is 37.3 Å². The number of aromatic nitrogens is 1. The van der Waals surface area contributed by atoms with Crippen molar-refractivity contribution >= 4 is 22.8 Å². The number of rotatable bonds is 5. The molecule has 1 atom stereocenters. The molecule has 214 valence electrons. The quantitative estimate of drug-likeness (QED) is 0.275. The Labute approximate surface area is 235 Å². The molecule has 0 saturated carbocycles. The van der Waals surface area contributed by atoms with Crippen LogP contribution >= 0.6 is 0 Å². The summed E-state index contributed by atoms with van der Waals surface area (Å²) in [6, 6.07) is 7.52. The van der Waals surface area contributed by atoms with Crippen LogP contribution in [0.2, 0.25) is 0 Å². The number of carboxylic acids is 1. The number of carbonyl (C=O) groups is 2. The van der Waals surface area contributed by atoms with Crippen LogP contribution in [0.3, 0.4) is 0 Å². The lowest BCUT2D eigenvalue weighted by atomic mass is 9.85. The second-order valence-corrected chi connectivity index (χ2v) is 11.3. The van der Waals surface area contributed by atoms with Crippen LogP contribution in [0.5, 0.6) is 5.75 Å². The SMILES string of the molecule is Cc1cc2c(ccn2C(=O)c2ccc(F)c(F)c2)c(-c2cc(F)c3c(c2C)CCCO3)c1C(OC(C)(C)C)C(=O)O. The third-order valence-corrected chi connectivity index (χ3v) is 7.29. The molecule has 1 aliphatic rings. The van der Waals surface area contributed by atoms with E-state index in [-0.39, 0.29) is 11.3 Å². The average molecular weight is 566 g/mol. The molecular formula is C32H30F3NO5. The third kappa shape index (κ3) is 5.10. The Hall–Kier alpha value is -4.11. The lowest BCUT2D eigenvalue weighted by Gasteiger charge is -2.29. The van der Waals surface area contributed by atoms with Crippen LogP contribution in [0.25, 0.3) is 22.0 Å². The maximum atomic E-state index is 15.5. The molecule has 1 aliphatic heterocycles. The molecule has 0 radical (unpaired) electrons. The second-order valence-electron chi connectivity index (χ2n) is 11.3. The summed E-state index contributed by atoms with van der Waals surface area (Å²) in [6.45, 7) is 9.17. The Bertz CT molecular complexity index is 1720. The highest BCUT2D eigenvalue weighted by Crippen LogP contribution is 2.45. The fourth-order valence-corrected chi connectivity index (χ4v) is 5.51. The molecule has 0 fully saturated rings. The average Bonchev–Trinajstić information content (AvgIpc) is 3.32. The molecule has 1 N–H and O–H groups in total. The molecule has 2 heterocycles. The minimum Gasteiger partial charge on any atom is -0.490 e. The van der Waals surface area contributed by atoms with E-state index in [4.69, 9.17) is 9.47 Å². The molecule has 0 saturated heterocycles. The predicted octanol–water partition coefficient (Wildman–Crippen LogP) is 7.30. The highest BCUT2D eigenvalue weighted by molar-refractivity contribution is 6.07. The Kier molecular flexibility index (Phi) is 7.19. The Morgan fingerprint density at radius 3 is 2.41 bits per heavy atom. The zero-order valence-electron chi connectivity index (χ0n) is 23.4. The van der Waals surface area contributed by atoms with Crippen molar-refractivity contribution in [3.63, 3.8) is 0 Å². The van der Waals surface area contributed by atoms with Crippen molar-refractivity contribution in [3.8, 4) is 16.9 Å². The Balaban J connectivity index is 1.83. The molecule has 1 unspecified atom stereocenters. The molecular weight excluding hydrogens is 535 g/mol. The molecule has 41 heavy (non-hydrogen) atoms. The van der Waals surface area contributed by atoms with E-state index in [0.717, 1.165) is 17.7 Å². The number of hydrogen-bond donors (Lipinski definition) is 1. The summed E-state index contributed by atoms with van der Waals surface area (Å²) in [7, 11) is 0. The molecule has 9 heteroatoms. The molecule has 5 rings (SSSR count). The van der Waals surface area contributed by atoms with Crippen molar-refractivity contribution in [1.82, 2.24) is 4.57 Å². The first-order valence-electron chi connectivity index (χ1n) is 13.3. The van der Waals surface area contributed by atoms with Gasteiger partial charge in [-0.2, -0.15) is 0 Å². The molecule has 0 spiro atoms. The number of halogens is 3. The fourth-order valence-electron chi connectivity index (χ4n) is 5.51. The zero-order valence-corrected chi connectivity index (χ0v) is 23.4. The van der Waals surface area contributed by atoms with Crippen molar-refractivity contribution in [3.05, 3.63) is 87.9 Å². The summed E-state index contributed by atoms with van der Waals surface area (Å²) in [6.07, 6.45) is 1.37. The zero-order chi connectivity index (χ0) is 29.8. The van der Waals surface area contributed by atoms with Gasteiger partial charge in [-0.3, -0.25) is 9.36 Å². The smallest absolute Gasteiger partial charge is 0.337 e. The van der Waals surface area contributed by atoms with Gasteiger partial charge in [-0.1, -0.05) is 0 Å². The van der Waals surface area contributed by atoms with E-state index < -0.39 is 41.0 Å². The fraction of sp³-hybridized carbons (Fsp3) is 0.312. The number of nitrogens with zero attached hydrogens (tertiary/aromatic N) is 1. The van der Waals surface area contributed by atoms with E-state index in [1.165, 1.54) is 22.9 Å². The topological polar surface area (TPSA) is 77.8 Å². The molecule has 6 nitrogen and oxygen atoms in total. The number of hydrogen-bond acceptors (Lipinski definition) is 4. The van der Waals surface area contributed by atoms with Crippen LogP contribution in [0, 0.1) is 31.3 Å². The first-order chi connectivity index (χ1) is 19.3. The Morgan fingerprint density at radius 1 is 1.02 bits per heavy atom. The van der Waals surface area contributed by atoms with E-state index in [0.29, 0.717) is 58.2 Å². The van der Waals surface area contributed by atoms with Crippen molar-refractivity contribution in [2.24, 2.45) is 0 Å². The summed E-state index contributed by atoms with van der Waals surface area (Å²) in [4.78, 5) is 26.1. The standard InChI is InChI=1S/C32H30F3NO5/c1-16-13-25-20(10-11-36(25)30(37)18-8-9-22(33)23(34)14-18)27(26(16)29(31(38)39)41-32(3,4)5)21-15-24(35)28-19(17(21)2)7-6-12-40-28/h8-11,13-15,29H,6-7,12H2,1-5H3,(H,38,39). The number of carboxylic acid groups (broad SMARTS) is 1. The van der Waals surface area contributed by atoms with Gasteiger partial charge in [0.1, 0.15) is 0 Å². The maximum absolute atomic E-state index is 15.5. The Morgan fingerprint density at radius 2 is 1.76 bits per heavy atom. The maximum Gasteiger partial charge on any atom is 0.337 e. The number of aryl methyl sites for hydroxylation is 1. The number of aliphatic carboxylic acids is 1. The van der Waals surface area contributed by atoms with E-state index in [2.05, 4.69) is 0 Å². The number of fused-ring (bicyclic) bond motifs is 2. The van der Waals surface area contributed by atoms with Crippen LogP contribution in [0.1, 0.15) is 65.9 Å². The summed E-state index contributed by atoms with van der Waals surface area (Å²) in [5.41, 5.74) is 2.62. The number of ether oxygens (including phenoxy) is 2. The molecule has 3 aromatic carbocycles. The van der Waals surface area contributed by atoms with Gasteiger partial charge in [-0.05, 0) is 106 Å². The van der Waals surface area contributed by atoms with Gasteiger partial charge in [0, 0.05) is 28.3 Å². The van der Waals surface area contributed by atoms with Crippen LogP contribution in [0.4, 0.5) is 13.2 Å². The first-order valence-corrected chi connectivity index (χ1v) is 13.3. The van der Waals surface area contributed by atoms with Gasteiger partial charge < -0.3 is 14.6 Å². The minimum absolute atomic E-state index is 0.0719. The monoisotopic (exact) mass is 565 g/mol. The molecule has 0 bridgehead atoms.